The number of rotatable bonds is 0. The summed E-state index contributed by atoms with van der Waals surface area (Å²) in [6, 6.07) is 0. The van der Waals surface area contributed by atoms with Crippen LogP contribution in [0.15, 0.2) is 0 Å². The van der Waals surface area contributed by atoms with Gasteiger partial charge in [-0.2, -0.15) is 0 Å². The van der Waals surface area contributed by atoms with E-state index in [0.29, 0.717) is 5.41 Å². The molecule has 1 saturated heterocycles. The van der Waals surface area contributed by atoms with Crippen LogP contribution in [0.2, 0.25) is 0 Å². The maximum Gasteiger partial charge on any atom is 0.410 e. The first-order valence-electron chi connectivity index (χ1n) is 5.44. The Morgan fingerprint density at radius 2 is 2.07 bits per heavy atom. The number of nitrogens with zero attached hydrogens (tertiary/aromatic N) is 1. The number of hydrogen-bond donors (Lipinski definition) is 0. The summed E-state index contributed by atoms with van der Waals surface area (Å²) in [6.07, 6.45) is 2.44. The number of halogens is 1. The second kappa shape index (κ2) is 3.50. The summed E-state index contributed by atoms with van der Waals surface area (Å²) in [5.41, 5.74) is 0.0701. The van der Waals surface area contributed by atoms with E-state index in [-0.39, 0.29) is 11.7 Å². The number of alkyl halides is 1. The highest BCUT2D eigenvalue weighted by Gasteiger charge is 2.55. The maximum absolute atomic E-state index is 11.7. The molecular formula is C11H18INO2. The Morgan fingerprint density at radius 1 is 1.47 bits per heavy atom. The molecule has 1 heterocycles. The van der Waals surface area contributed by atoms with Gasteiger partial charge in [-0.1, -0.05) is 22.6 Å². The first kappa shape index (κ1) is 11.5. The van der Waals surface area contributed by atoms with Crippen molar-refractivity contribution in [2.75, 3.05) is 13.1 Å². The molecule has 0 bridgehead atoms. The zero-order chi connectivity index (χ0) is 11.3. The Bertz CT molecular complexity index is 279. The minimum Gasteiger partial charge on any atom is -0.444 e. The van der Waals surface area contributed by atoms with E-state index in [1.165, 1.54) is 12.8 Å². The molecular weight excluding hydrogens is 305 g/mol. The molecule has 0 aromatic heterocycles. The van der Waals surface area contributed by atoms with Gasteiger partial charge in [-0.3, -0.25) is 0 Å². The zero-order valence-corrected chi connectivity index (χ0v) is 11.7. The highest BCUT2D eigenvalue weighted by molar-refractivity contribution is 14.1. The average Bonchev–Trinajstić information content (AvgIpc) is 1.95. The van der Waals surface area contributed by atoms with Gasteiger partial charge in [-0.25, -0.2) is 4.79 Å². The van der Waals surface area contributed by atoms with Gasteiger partial charge in [0.1, 0.15) is 5.60 Å². The van der Waals surface area contributed by atoms with Crippen molar-refractivity contribution in [2.24, 2.45) is 5.41 Å². The van der Waals surface area contributed by atoms with Crippen LogP contribution in [0, 0.1) is 5.41 Å². The van der Waals surface area contributed by atoms with Crippen LogP contribution in [0.25, 0.3) is 0 Å². The number of carbonyl (C=O) groups excluding carboxylic acids is 1. The fourth-order valence-corrected chi connectivity index (χ4v) is 3.20. The van der Waals surface area contributed by atoms with Crippen molar-refractivity contribution in [3.8, 4) is 0 Å². The molecule has 2 fully saturated rings. The van der Waals surface area contributed by atoms with Gasteiger partial charge in [-0.05, 0) is 33.6 Å². The molecule has 2 aliphatic rings. The van der Waals surface area contributed by atoms with Crippen LogP contribution in [-0.2, 0) is 4.74 Å². The van der Waals surface area contributed by atoms with Gasteiger partial charge in [0.15, 0.2) is 0 Å². The number of likely N-dealkylation sites (tertiary alicyclic amines) is 1. The van der Waals surface area contributed by atoms with Crippen LogP contribution in [0.5, 0.6) is 0 Å². The molecule has 1 atom stereocenters. The van der Waals surface area contributed by atoms with E-state index in [0.717, 1.165) is 17.0 Å². The van der Waals surface area contributed by atoms with Crippen LogP contribution in [0.4, 0.5) is 4.79 Å². The van der Waals surface area contributed by atoms with Crippen molar-refractivity contribution in [3.05, 3.63) is 0 Å². The molecule has 1 spiro atoms. The van der Waals surface area contributed by atoms with Gasteiger partial charge in [0.05, 0.1) is 0 Å². The van der Waals surface area contributed by atoms with Crippen molar-refractivity contribution >= 4 is 28.7 Å². The smallest absolute Gasteiger partial charge is 0.410 e. The van der Waals surface area contributed by atoms with Crippen LogP contribution in [-0.4, -0.2) is 33.6 Å². The largest absolute Gasteiger partial charge is 0.444 e. The lowest BCUT2D eigenvalue weighted by atomic mass is 9.63. The summed E-state index contributed by atoms with van der Waals surface area (Å²) in [5, 5.41) is 0. The van der Waals surface area contributed by atoms with Gasteiger partial charge in [0.25, 0.3) is 0 Å². The third kappa shape index (κ3) is 2.10. The summed E-state index contributed by atoms with van der Waals surface area (Å²) < 4.78 is 6.08. The van der Waals surface area contributed by atoms with Gasteiger partial charge in [0, 0.05) is 22.4 Å². The zero-order valence-electron chi connectivity index (χ0n) is 9.55. The second-order valence-electron chi connectivity index (χ2n) is 5.70. The number of hydrogen-bond acceptors (Lipinski definition) is 2. The van der Waals surface area contributed by atoms with E-state index < -0.39 is 0 Å². The normalized spacial score (nSPS) is 28.3. The molecule has 86 valence electrons. The highest BCUT2D eigenvalue weighted by atomic mass is 127. The van der Waals surface area contributed by atoms with E-state index in [9.17, 15) is 4.79 Å². The van der Waals surface area contributed by atoms with E-state index in [2.05, 4.69) is 22.6 Å². The van der Waals surface area contributed by atoms with Crippen LogP contribution < -0.4 is 0 Å². The molecule has 1 unspecified atom stereocenters. The quantitative estimate of drug-likeness (QED) is 0.507. The van der Waals surface area contributed by atoms with Gasteiger partial charge < -0.3 is 9.64 Å². The molecule has 15 heavy (non-hydrogen) atoms. The lowest BCUT2D eigenvalue weighted by molar-refractivity contribution is -0.0608. The van der Waals surface area contributed by atoms with E-state index in [1.54, 1.807) is 0 Å². The van der Waals surface area contributed by atoms with Gasteiger partial charge in [-0.15, -0.1) is 0 Å². The lowest BCUT2D eigenvalue weighted by Crippen LogP contribution is -2.66. The van der Waals surface area contributed by atoms with Crippen LogP contribution in [0.3, 0.4) is 0 Å². The second-order valence-corrected chi connectivity index (χ2v) is 7.21. The molecule has 0 aromatic carbocycles. The van der Waals surface area contributed by atoms with Crippen molar-refractivity contribution in [3.63, 3.8) is 0 Å². The Morgan fingerprint density at radius 3 is 2.40 bits per heavy atom. The fourth-order valence-electron chi connectivity index (χ4n) is 2.19. The predicted octanol–water partition coefficient (Wildman–Crippen LogP) is 2.82. The SMILES string of the molecule is CC(C)(C)OC(=O)N1CC2(CCC2I)C1. The summed E-state index contributed by atoms with van der Waals surface area (Å²) >= 11 is 2.51. The summed E-state index contributed by atoms with van der Waals surface area (Å²) in [7, 11) is 0. The molecule has 1 aliphatic heterocycles. The number of amides is 1. The third-order valence-corrected chi connectivity index (χ3v) is 5.17. The van der Waals surface area contributed by atoms with E-state index in [4.69, 9.17) is 4.74 Å². The minimum atomic E-state index is -0.372. The molecule has 0 aromatic rings. The Labute approximate surface area is 105 Å². The maximum atomic E-state index is 11.7. The summed E-state index contributed by atoms with van der Waals surface area (Å²) in [6.45, 7) is 7.52. The Kier molecular flexibility index (Phi) is 2.68. The van der Waals surface area contributed by atoms with Crippen molar-refractivity contribution < 1.29 is 9.53 Å². The topological polar surface area (TPSA) is 29.5 Å². The van der Waals surface area contributed by atoms with Gasteiger partial charge in [0.2, 0.25) is 0 Å². The molecule has 3 nitrogen and oxygen atoms in total. The number of ether oxygens (including phenoxy) is 1. The van der Waals surface area contributed by atoms with E-state index >= 15 is 0 Å². The monoisotopic (exact) mass is 323 g/mol. The average molecular weight is 323 g/mol. The lowest BCUT2D eigenvalue weighted by Gasteiger charge is -2.58. The molecule has 2 rings (SSSR count). The standard InChI is InChI=1S/C11H18INO2/c1-10(2,3)15-9(14)13-6-11(7-13)5-4-8(11)12/h8H,4-7H2,1-3H3. The highest BCUT2D eigenvalue weighted by Crippen LogP contribution is 2.52. The molecule has 1 aliphatic carbocycles. The van der Waals surface area contributed by atoms with Crippen molar-refractivity contribution in [1.82, 2.24) is 4.90 Å². The van der Waals surface area contributed by atoms with Gasteiger partial charge >= 0.3 is 6.09 Å². The van der Waals surface area contributed by atoms with Crippen LogP contribution >= 0.6 is 22.6 Å². The summed E-state index contributed by atoms with van der Waals surface area (Å²) in [4.78, 5) is 13.5. The number of carbonyl (C=O) groups is 1. The predicted molar refractivity (Wildman–Crippen MR) is 67.3 cm³/mol. The van der Waals surface area contributed by atoms with Crippen LogP contribution in [0.1, 0.15) is 33.6 Å². The van der Waals surface area contributed by atoms with Crippen molar-refractivity contribution in [2.45, 2.75) is 43.1 Å². The molecule has 4 heteroatoms. The molecule has 1 amide bonds. The van der Waals surface area contributed by atoms with E-state index in [1.807, 2.05) is 25.7 Å². The minimum absolute atomic E-state index is 0.149. The Hall–Kier alpha value is 0. The molecule has 0 N–H and O–H groups in total. The third-order valence-electron chi connectivity index (χ3n) is 3.22. The molecule has 0 radical (unpaired) electrons. The first-order valence-corrected chi connectivity index (χ1v) is 6.69. The summed E-state index contributed by atoms with van der Waals surface area (Å²) in [5.74, 6) is 0. The van der Waals surface area contributed by atoms with Crippen molar-refractivity contribution in [1.29, 1.82) is 0 Å². The molecule has 1 saturated carbocycles. The fraction of sp³-hybridized carbons (Fsp3) is 0.909. The Balaban J connectivity index is 1.82. The first-order chi connectivity index (χ1) is 6.82.